The second-order valence-electron chi connectivity index (χ2n) is 8.12. The average molecular weight is 451 g/mol. The molecule has 0 saturated carbocycles. The van der Waals surface area contributed by atoms with Gasteiger partial charge in [-0.2, -0.15) is 13.2 Å². The van der Waals surface area contributed by atoms with Gasteiger partial charge in [-0.3, -0.25) is 9.69 Å². The molecule has 8 heteroatoms. The first-order valence-electron chi connectivity index (χ1n) is 10.9. The zero-order valence-corrected chi connectivity index (χ0v) is 17.9. The van der Waals surface area contributed by atoms with E-state index in [0.717, 1.165) is 56.8 Å². The van der Waals surface area contributed by atoms with Crippen LogP contribution in [0.3, 0.4) is 0 Å². The molecule has 1 atom stereocenters. The number of nitrogens with zero attached hydrogens (tertiary/aromatic N) is 1. The summed E-state index contributed by atoms with van der Waals surface area (Å²) >= 11 is 0. The number of carbonyl (C=O) groups excluding carboxylic acids is 1. The van der Waals surface area contributed by atoms with Crippen LogP contribution in [0.2, 0.25) is 0 Å². The highest BCUT2D eigenvalue weighted by Crippen LogP contribution is 2.30. The predicted molar refractivity (Wildman–Crippen MR) is 116 cm³/mol. The third-order valence-corrected chi connectivity index (χ3v) is 5.57. The maximum absolute atomic E-state index is 12.6. The number of halogens is 3. The molecule has 5 nitrogen and oxygen atoms in total. The summed E-state index contributed by atoms with van der Waals surface area (Å²) < 4.78 is 43.3. The number of anilines is 1. The first kappa shape index (κ1) is 24.1. The molecule has 2 N–H and O–H groups in total. The van der Waals surface area contributed by atoms with E-state index in [1.165, 1.54) is 17.7 Å². The lowest BCUT2D eigenvalue weighted by molar-refractivity contribution is -0.137. The van der Waals surface area contributed by atoms with Gasteiger partial charge in [0.05, 0.1) is 12.2 Å². The number of piperidine rings is 1. The number of nitrogens with one attached hydrogen (secondary N) is 1. The number of carbonyl (C=O) groups is 1. The summed E-state index contributed by atoms with van der Waals surface area (Å²) in [7, 11) is 0. The van der Waals surface area contributed by atoms with E-state index in [1.54, 1.807) is 0 Å². The van der Waals surface area contributed by atoms with Gasteiger partial charge in [0.15, 0.2) is 0 Å². The van der Waals surface area contributed by atoms with Crippen LogP contribution in [0.1, 0.15) is 36.8 Å². The molecule has 1 saturated heterocycles. The van der Waals surface area contributed by atoms with Gasteiger partial charge in [-0.05, 0) is 73.7 Å². The summed E-state index contributed by atoms with van der Waals surface area (Å²) in [4.78, 5) is 14.6. The number of alkyl halides is 3. The molecule has 1 aliphatic heterocycles. The fourth-order valence-corrected chi connectivity index (χ4v) is 3.94. The third kappa shape index (κ3) is 7.53. The highest BCUT2D eigenvalue weighted by molar-refractivity contribution is 5.90. The number of amides is 1. The minimum atomic E-state index is -4.38. The van der Waals surface area contributed by atoms with Crippen molar-refractivity contribution < 1.29 is 27.8 Å². The lowest BCUT2D eigenvalue weighted by atomic mass is 9.93. The van der Waals surface area contributed by atoms with E-state index in [2.05, 4.69) is 10.2 Å². The van der Waals surface area contributed by atoms with Crippen LogP contribution in [0.4, 0.5) is 18.9 Å². The van der Waals surface area contributed by atoms with E-state index in [9.17, 15) is 18.0 Å². The van der Waals surface area contributed by atoms with Crippen molar-refractivity contribution in [2.75, 3.05) is 31.6 Å². The first-order chi connectivity index (χ1) is 15.3. The molecule has 0 radical (unpaired) electrons. The largest absolute Gasteiger partial charge is 0.491 e. The molecule has 0 aromatic heterocycles. The van der Waals surface area contributed by atoms with E-state index in [0.29, 0.717) is 18.0 Å². The van der Waals surface area contributed by atoms with Crippen LogP contribution in [-0.2, 0) is 17.5 Å². The topological polar surface area (TPSA) is 61.8 Å². The summed E-state index contributed by atoms with van der Waals surface area (Å²) in [5, 5.41) is 11.5. The highest BCUT2D eigenvalue weighted by atomic mass is 19.4. The molecule has 32 heavy (non-hydrogen) atoms. The summed E-state index contributed by atoms with van der Waals surface area (Å²) in [6.45, 7) is 3.01. The maximum Gasteiger partial charge on any atom is 0.416 e. The maximum atomic E-state index is 12.6. The molecule has 1 aliphatic rings. The van der Waals surface area contributed by atoms with Crippen molar-refractivity contribution in [2.24, 2.45) is 5.92 Å². The second kappa shape index (κ2) is 11.3. The van der Waals surface area contributed by atoms with Crippen LogP contribution in [0.25, 0.3) is 0 Å². The number of aliphatic hydroxyl groups excluding tert-OH is 1. The van der Waals surface area contributed by atoms with E-state index in [4.69, 9.17) is 9.84 Å². The van der Waals surface area contributed by atoms with Gasteiger partial charge >= 0.3 is 6.18 Å². The van der Waals surface area contributed by atoms with Crippen molar-refractivity contribution in [3.63, 3.8) is 0 Å². The van der Waals surface area contributed by atoms with E-state index >= 15 is 0 Å². The van der Waals surface area contributed by atoms with Crippen molar-refractivity contribution in [1.29, 1.82) is 0 Å². The smallest absolute Gasteiger partial charge is 0.416 e. The summed E-state index contributed by atoms with van der Waals surface area (Å²) in [6, 6.07) is 12.4. The molecule has 2 aromatic carbocycles. The number of hydrogen-bond donors (Lipinski definition) is 2. The number of aliphatic hydroxyl groups is 1. The number of likely N-dealkylation sites (tertiary alicyclic amines) is 1. The first-order valence-corrected chi connectivity index (χ1v) is 10.9. The molecule has 0 spiro atoms. The molecule has 1 fully saturated rings. The number of ether oxygens (including phenoxy) is 1. The van der Waals surface area contributed by atoms with Crippen LogP contribution >= 0.6 is 0 Å². The van der Waals surface area contributed by atoms with Crippen molar-refractivity contribution in [1.82, 2.24) is 4.90 Å². The van der Waals surface area contributed by atoms with Crippen LogP contribution in [0, 0.1) is 5.92 Å². The summed E-state index contributed by atoms with van der Waals surface area (Å²) in [5.41, 5.74) is 0.826. The van der Waals surface area contributed by atoms with Gasteiger partial charge in [0.1, 0.15) is 12.4 Å². The fourth-order valence-electron chi connectivity index (χ4n) is 3.94. The molecule has 2 aromatic rings. The van der Waals surface area contributed by atoms with Crippen molar-refractivity contribution >= 4 is 11.6 Å². The second-order valence-corrected chi connectivity index (χ2v) is 8.12. The van der Waals surface area contributed by atoms with Gasteiger partial charge in [0.2, 0.25) is 5.91 Å². The Morgan fingerprint density at radius 1 is 1.12 bits per heavy atom. The van der Waals surface area contributed by atoms with Crippen molar-refractivity contribution in [2.45, 2.75) is 38.4 Å². The Bertz CT molecular complexity index is 854. The van der Waals surface area contributed by atoms with Crippen molar-refractivity contribution in [3.8, 4) is 5.75 Å². The normalized spacial score (nSPS) is 17.2. The standard InChI is InChI=1S/C24H29F3N2O3/c25-24(26,27)20-6-8-21(9-7-20)28-23(31)12-5-18-2-1-13-29(16-18)17-19-3-10-22(11-4-19)32-15-14-30/h3-4,6-11,18,30H,1-2,5,12-17H2,(H,28,31)/t18-/m1/s1. The molecule has 1 heterocycles. The number of benzene rings is 2. The Labute approximate surface area is 186 Å². The lowest BCUT2D eigenvalue weighted by Crippen LogP contribution is -2.35. The molecule has 3 rings (SSSR count). The highest BCUT2D eigenvalue weighted by Gasteiger charge is 2.30. The Morgan fingerprint density at radius 3 is 2.50 bits per heavy atom. The van der Waals surface area contributed by atoms with Gasteiger partial charge in [0, 0.05) is 25.2 Å². The molecule has 0 aliphatic carbocycles. The van der Waals surface area contributed by atoms with E-state index in [-0.39, 0.29) is 19.1 Å². The summed E-state index contributed by atoms with van der Waals surface area (Å²) in [6.07, 6.45) is -1.15. The van der Waals surface area contributed by atoms with Gasteiger partial charge in [0.25, 0.3) is 0 Å². The SMILES string of the molecule is O=C(CC[C@H]1CCCN(Cc2ccc(OCCO)cc2)C1)Nc1ccc(C(F)(F)F)cc1. The van der Waals surface area contributed by atoms with Crippen LogP contribution in [0.5, 0.6) is 5.75 Å². The Kier molecular flexibility index (Phi) is 8.53. The molecule has 0 unspecified atom stereocenters. The van der Waals surface area contributed by atoms with E-state index < -0.39 is 11.7 Å². The zero-order valence-electron chi connectivity index (χ0n) is 17.9. The van der Waals surface area contributed by atoms with Gasteiger partial charge in [-0.1, -0.05) is 12.1 Å². The minimum Gasteiger partial charge on any atom is -0.491 e. The molecule has 0 bridgehead atoms. The van der Waals surface area contributed by atoms with Crippen LogP contribution in [0.15, 0.2) is 48.5 Å². The van der Waals surface area contributed by atoms with Crippen LogP contribution in [-0.4, -0.2) is 42.2 Å². The van der Waals surface area contributed by atoms with Gasteiger partial charge in [-0.25, -0.2) is 0 Å². The quantitative estimate of drug-likeness (QED) is 0.581. The molecular weight excluding hydrogens is 421 g/mol. The molecule has 1 amide bonds. The number of rotatable bonds is 9. The molecule has 174 valence electrons. The Balaban J connectivity index is 1.42. The number of hydrogen-bond acceptors (Lipinski definition) is 4. The molecular formula is C24H29F3N2O3. The Hall–Kier alpha value is -2.58. The zero-order chi connectivity index (χ0) is 23.0. The monoisotopic (exact) mass is 450 g/mol. The van der Waals surface area contributed by atoms with E-state index in [1.807, 2.05) is 24.3 Å². The van der Waals surface area contributed by atoms with Gasteiger partial charge in [-0.15, -0.1) is 0 Å². The van der Waals surface area contributed by atoms with Gasteiger partial charge < -0.3 is 15.2 Å². The summed E-state index contributed by atoms with van der Waals surface area (Å²) in [5.74, 6) is 0.966. The fraction of sp³-hybridized carbons (Fsp3) is 0.458. The van der Waals surface area contributed by atoms with Crippen LogP contribution < -0.4 is 10.1 Å². The minimum absolute atomic E-state index is 0.0146. The lowest BCUT2D eigenvalue weighted by Gasteiger charge is -2.32. The Morgan fingerprint density at radius 2 is 1.84 bits per heavy atom. The average Bonchev–Trinajstić information content (AvgIpc) is 2.77. The van der Waals surface area contributed by atoms with Crippen molar-refractivity contribution in [3.05, 3.63) is 59.7 Å². The third-order valence-electron chi connectivity index (χ3n) is 5.57. The predicted octanol–water partition coefficient (Wildman–Crippen LogP) is 4.71.